The van der Waals surface area contributed by atoms with Crippen LogP contribution in [0.25, 0.3) is 0 Å². The van der Waals surface area contributed by atoms with Gasteiger partial charge in [-0.2, -0.15) is 10.2 Å². The molecule has 0 rings (SSSR count). The van der Waals surface area contributed by atoms with Crippen molar-refractivity contribution in [3.63, 3.8) is 0 Å². The van der Waals surface area contributed by atoms with Crippen molar-refractivity contribution in [2.45, 2.75) is 6.92 Å². The topological polar surface area (TPSA) is 86.8 Å². The van der Waals surface area contributed by atoms with Gasteiger partial charge >= 0.3 is 0 Å². The molecule has 0 saturated carbocycles. The lowest BCUT2D eigenvalue weighted by molar-refractivity contribution is 0.976. The maximum absolute atomic E-state index is 5.14. The van der Waals surface area contributed by atoms with Crippen LogP contribution in [-0.2, 0) is 0 Å². The molecule has 0 aromatic rings. The molecule has 5 N–H and O–H groups in total. The van der Waals surface area contributed by atoms with Crippen LogP contribution in [0, 0.1) is 0 Å². The zero-order chi connectivity index (χ0) is 11.0. The molecular formula is C6H12N6S2. The first-order valence-corrected chi connectivity index (χ1v) is 4.48. The molecule has 0 atom stereocenters. The average molecular weight is 232 g/mol. The van der Waals surface area contributed by atoms with Crippen molar-refractivity contribution >= 4 is 46.6 Å². The van der Waals surface area contributed by atoms with Gasteiger partial charge < -0.3 is 11.1 Å². The smallest absolute Gasteiger partial charge is 0.186 e. The van der Waals surface area contributed by atoms with E-state index in [1.165, 1.54) is 6.21 Å². The maximum atomic E-state index is 5.14. The van der Waals surface area contributed by atoms with Gasteiger partial charge in [0, 0.05) is 7.05 Å². The van der Waals surface area contributed by atoms with E-state index < -0.39 is 0 Å². The Balaban J connectivity index is 3.94. The predicted octanol–water partition coefficient (Wildman–Crippen LogP) is -0.725. The number of thiocarbonyl (C=S) groups is 2. The first kappa shape index (κ1) is 12.7. The fourth-order valence-electron chi connectivity index (χ4n) is 0.413. The van der Waals surface area contributed by atoms with Crippen molar-refractivity contribution < 1.29 is 0 Å². The molecule has 0 aliphatic rings. The van der Waals surface area contributed by atoms with Crippen LogP contribution in [0.4, 0.5) is 0 Å². The van der Waals surface area contributed by atoms with Crippen LogP contribution in [0.2, 0.25) is 0 Å². The fraction of sp³-hybridized carbons (Fsp3) is 0.333. The molecule has 8 heteroatoms. The van der Waals surface area contributed by atoms with Crippen LogP contribution in [0.3, 0.4) is 0 Å². The van der Waals surface area contributed by atoms with Gasteiger partial charge in [0.15, 0.2) is 10.2 Å². The largest absolute Gasteiger partial charge is 0.375 e. The van der Waals surface area contributed by atoms with E-state index in [4.69, 9.17) is 18.0 Å². The van der Waals surface area contributed by atoms with E-state index in [1.807, 2.05) is 0 Å². The maximum Gasteiger partial charge on any atom is 0.186 e. The molecule has 0 unspecified atom stereocenters. The molecule has 0 saturated heterocycles. The molecule has 0 spiro atoms. The number of rotatable bonds is 3. The lowest BCUT2D eigenvalue weighted by atomic mass is 10.5. The van der Waals surface area contributed by atoms with E-state index in [0.29, 0.717) is 10.8 Å². The summed E-state index contributed by atoms with van der Waals surface area (Å²) in [6, 6.07) is 0. The van der Waals surface area contributed by atoms with Gasteiger partial charge in [0.05, 0.1) is 11.9 Å². The van der Waals surface area contributed by atoms with E-state index in [1.54, 1.807) is 14.0 Å². The van der Waals surface area contributed by atoms with Crippen molar-refractivity contribution in [2.75, 3.05) is 7.05 Å². The van der Waals surface area contributed by atoms with E-state index >= 15 is 0 Å². The molecule has 0 aliphatic carbocycles. The molecule has 0 aromatic heterocycles. The molecule has 0 aromatic carbocycles. The highest BCUT2D eigenvalue weighted by molar-refractivity contribution is 7.80. The van der Waals surface area contributed by atoms with Gasteiger partial charge in [0.25, 0.3) is 0 Å². The summed E-state index contributed by atoms with van der Waals surface area (Å²) < 4.78 is 0. The number of nitrogens with one attached hydrogen (secondary N) is 3. The van der Waals surface area contributed by atoms with Gasteiger partial charge in [-0.15, -0.1) is 0 Å². The average Bonchev–Trinajstić information content (AvgIpc) is 2.13. The Labute approximate surface area is 93.0 Å². The molecule has 0 fully saturated rings. The van der Waals surface area contributed by atoms with Crippen LogP contribution < -0.4 is 21.9 Å². The van der Waals surface area contributed by atoms with Crippen molar-refractivity contribution in [3.05, 3.63) is 0 Å². The normalized spacial score (nSPS) is 11.1. The molecule has 14 heavy (non-hydrogen) atoms. The summed E-state index contributed by atoms with van der Waals surface area (Å²) in [7, 11) is 1.70. The fourth-order valence-corrected chi connectivity index (χ4v) is 0.511. The van der Waals surface area contributed by atoms with Crippen molar-refractivity contribution in [3.8, 4) is 0 Å². The van der Waals surface area contributed by atoms with Crippen LogP contribution in [-0.4, -0.2) is 29.2 Å². The third-order valence-electron chi connectivity index (χ3n) is 0.987. The van der Waals surface area contributed by atoms with Gasteiger partial charge in [0.2, 0.25) is 0 Å². The van der Waals surface area contributed by atoms with Gasteiger partial charge in [-0.3, -0.25) is 10.9 Å². The van der Waals surface area contributed by atoms with E-state index in [2.05, 4.69) is 38.6 Å². The molecular weight excluding hydrogens is 220 g/mol. The summed E-state index contributed by atoms with van der Waals surface area (Å²) in [5, 5.41) is 10.8. The van der Waals surface area contributed by atoms with Crippen LogP contribution in [0.15, 0.2) is 10.2 Å². The highest BCUT2D eigenvalue weighted by atomic mass is 32.1. The van der Waals surface area contributed by atoms with Gasteiger partial charge in [0.1, 0.15) is 0 Å². The third kappa shape index (κ3) is 7.37. The summed E-state index contributed by atoms with van der Waals surface area (Å²) in [6.07, 6.45) is 1.46. The zero-order valence-corrected chi connectivity index (χ0v) is 9.50. The Hall–Kier alpha value is -1.28. The molecule has 0 radical (unpaired) electrons. The third-order valence-corrected chi connectivity index (χ3v) is 1.37. The Morgan fingerprint density at radius 2 is 2.00 bits per heavy atom. The number of hydrazone groups is 2. The molecule has 0 amide bonds. The van der Waals surface area contributed by atoms with Gasteiger partial charge in [-0.05, 0) is 31.4 Å². The first-order chi connectivity index (χ1) is 6.56. The second-order valence-corrected chi connectivity index (χ2v) is 3.03. The lowest BCUT2D eigenvalue weighted by Crippen LogP contribution is -2.29. The van der Waals surface area contributed by atoms with Crippen molar-refractivity contribution in [2.24, 2.45) is 15.9 Å². The zero-order valence-electron chi connectivity index (χ0n) is 7.87. The number of nitrogens with zero attached hydrogens (tertiary/aromatic N) is 2. The predicted molar refractivity (Wildman–Crippen MR) is 66.3 cm³/mol. The number of hydrogen-bond acceptors (Lipinski definition) is 4. The molecule has 0 bridgehead atoms. The van der Waals surface area contributed by atoms with Crippen molar-refractivity contribution in [1.82, 2.24) is 16.2 Å². The second-order valence-electron chi connectivity index (χ2n) is 2.18. The van der Waals surface area contributed by atoms with Crippen molar-refractivity contribution in [1.29, 1.82) is 0 Å². The SMILES string of the molecule is CNC(=S)N/N=C(C)/C=N/NC(N)=S. The molecule has 6 nitrogen and oxygen atoms in total. The number of nitrogens with two attached hydrogens (primary N) is 1. The Morgan fingerprint density at radius 3 is 2.50 bits per heavy atom. The summed E-state index contributed by atoms with van der Waals surface area (Å²) in [5.74, 6) is 0. The van der Waals surface area contributed by atoms with Crippen LogP contribution >= 0.6 is 24.4 Å². The Morgan fingerprint density at radius 1 is 1.36 bits per heavy atom. The van der Waals surface area contributed by atoms with E-state index in [0.717, 1.165) is 0 Å². The summed E-state index contributed by atoms with van der Waals surface area (Å²) in [4.78, 5) is 0. The Bertz CT molecular complexity index is 271. The van der Waals surface area contributed by atoms with Gasteiger partial charge in [-0.1, -0.05) is 0 Å². The molecule has 78 valence electrons. The standard InChI is InChI=1S/C6H12N6S2/c1-4(3-9-11-5(7)13)10-12-6(14)8-2/h3H,1-2H3,(H3,7,11,13)(H2,8,12,14)/b9-3+,10-4+. The Kier molecular flexibility index (Phi) is 6.50. The molecule has 0 heterocycles. The summed E-state index contributed by atoms with van der Waals surface area (Å²) in [6.45, 7) is 1.75. The summed E-state index contributed by atoms with van der Waals surface area (Å²) >= 11 is 9.34. The minimum atomic E-state index is 0.104. The van der Waals surface area contributed by atoms with Gasteiger partial charge in [-0.25, -0.2) is 0 Å². The van der Waals surface area contributed by atoms with Crippen LogP contribution in [0.1, 0.15) is 6.92 Å². The second kappa shape index (κ2) is 7.15. The monoisotopic (exact) mass is 232 g/mol. The highest BCUT2D eigenvalue weighted by Gasteiger charge is 1.88. The lowest BCUT2D eigenvalue weighted by Gasteiger charge is -2.00. The quantitative estimate of drug-likeness (QED) is 0.292. The minimum absolute atomic E-state index is 0.104. The first-order valence-electron chi connectivity index (χ1n) is 3.66. The highest BCUT2D eigenvalue weighted by Crippen LogP contribution is 1.71. The van der Waals surface area contributed by atoms with E-state index in [9.17, 15) is 0 Å². The summed E-state index contributed by atoms with van der Waals surface area (Å²) in [5.41, 5.74) is 10.8. The number of hydrogen-bond donors (Lipinski definition) is 4. The minimum Gasteiger partial charge on any atom is -0.375 e. The molecule has 0 aliphatic heterocycles. The van der Waals surface area contributed by atoms with E-state index in [-0.39, 0.29) is 5.11 Å². The van der Waals surface area contributed by atoms with Crippen LogP contribution in [0.5, 0.6) is 0 Å².